The van der Waals surface area contributed by atoms with E-state index in [9.17, 15) is 0 Å². The second kappa shape index (κ2) is 49.2. The molecule has 12 N–H and O–H groups in total. The Labute approximate surface area is 746 Å². The average molecular weight is 1690 g/mol. The third-order valence-electron chi connectivity index (χ3n) is 36.5. The third kappa shape index (κ3) is 29.4. The van der Waals surface area contributed by atoms with Gasteiger partial charge in [-0.05, 0) is 476 Å². The number of benzene rings is 1. The van der Waals surface area contributed by atoms with Gasteiger partial charge in [-0.25, -0.2) is 0 Å². The minimum Gasteiger partial charge on any atom is -0.375 e. The van der Waals surface area contributed by atoms with Gasteiger partial charge >= 0.3 is 0 Å². The van der Waals surface area contributed by atoms with Crippen LogP contribution in [-0.4, -0.2) is 230 Å². The van der Waals surface area contributed by atoms with E-state index in [1.165, 1.54) is 445 Å². The maximum absolute atomic E-state index is 5.41. The summed E-state index contributed by atoms with van der Waals surface area (Å²) in [5, 5.41) is 42.1. The van der Waals surface area contributed by atoms with Crippen molar-refractivity contribution in [3.63, 3.8) is 0 Å². The van der Waals surface area contributed by atoms with E-state index in [1.807, 2.05) is 0 Å². The van der Waals surface area contributed by atoms with Crippen LogP contribution in [0, 0.1) is 65.1 Å². The molecule has 25 saturated heterocycles. The van der Waals surface area contributed by atoms with Crippen LogP contribution in [0.4, 0.5) is 0 Å². The van der Waals surface area contributed by atoms with Crippen LogP contribution in [-0.2, 0) is 4.74 Å². The molecular formula is C106H187N15O. The summed E-state index contributed by atoms with van der Waals surface area (Å²) in [6.07, 6.45) is 79.3. The molecule has 0 radical (unpaired) electrons. The van der Waals surface area contributed by atoms with Gasteiger partial charge in [-0.15, -0.1) is 0 Å². The lowest BCUT2D eigenvalue weighted by molar-refractivity contribution is -0.0385. The Morgan fingerprint density at radius 1 is 0.246 bits per heavy atom. The molecule has 0 aromatic heterocycles. The minimum atomic E-state index is 0.542. The topological polar surface area (TPSA) is 163 Å². The molecule has 27 aliphatic heterocycles. The van der Waals surface area contributed by atoms with Crippen molar-refractivity contribution in [1.82, 2.24) is 78.5 Å². The van der Waals surface area contributed by atoms with E-state index >= 15 is 0 Å². The van der Waals surface area contributed by atoms with Crippen LogP contribution in [0.15, 0.2) is 36.4 Å². The largest absolute Gasteiger partial charge is 0.375 e. The highest BCUT2D eigenvalue weighted by atomic mass is 16.5. The molecule has 0 amide bonds. The number of fused-ring (bicyclic) bond motifs is 32. The van der Waals surface area contributed by atoms with Gasteiger partial charge in [-0.1, -0.05) is 62.1 Å². The summed E-state index contributed by atoms with van der Waals surface area (Å²) in [4.78, 5) is 7.77. The fourth-order valence-corrected chi connectivity index (χ4v) is 28.8. The average Bonchev–Trinajstić information content (AvgIpc) is 0.895. The van der Waals surface area contributed by atoms with Crippen molar-refractivity contribution in [2.75, 3.05) is 131 Å². The number of morpholine rings is 1. The molecule has 1 aromatic rings. The molecule has 27 heterocycles. The van der Waals surface area contributed by atoms with Crippen molar-refractivity contribution in [2.45, 2.75) is 424 Å². The number of ether oxygens (including phenoxy) is 1. The van der Waals surface area contributed by atoms with E-state index < -0.39 is 0 Å². The van der Waals surface area contributed by atoms with Crippen LogP contribution in [0.25, 0.3) is 0 Å². The summed E-state index contributed by atoms with van der Waals surface area (Å²) in [5.74, 6) is 12.5. The lowest BCUT2D eigenvalue weighted by Crippen LogP contribution is -2.51. The van der Waals surface area contributed by atoms with Crippen molar-refractivity contribution in [2.24, 2.45) is 65.1 Å². The number of nitrogens with one attached hydrogen (secondary N) is 12. The molecule has 26 atom stereocenters. The Balaban J connectivity index is 0.0000000931. The van der Waals surface area contributed by atoms with Crippen LogP contribution >= 0.6 is 0 Å². The summed E-state index contributed by atoms with van der Waals surface area (Å²) in [7, 11) is 0. The smallest absolute Gasteiger partial charge is 0.0700 e. The molecule has 1 aromatic carbocycles. The molecule has 16 heteroatoms. The maximum atomic E-state index is 5.41. The molecule has 35 rings (SSSR count). The molecule has 34 aliphatic rings. The predicted molar refractivity (Wildman–Crippen MR) is 510 cm³/mol. The van der Waals surface area contributed by atoms with Crippen molar-refractivity contribution in [3.05, 3.63) is 47.5 Å². The van der Waals surface area contributed by atoms with Crippen LogP contribution in [0.3, 0.4) is 0 Å². The van der Waals surface area contributed by atoms with Crippen LogP contribution in [0.1, 0.15) is 351 Å². The van der Waals surface area contributed by atoms with Crippen LogP contribution < -0.4 is 63.8 Å². The number of nitrogens with zero attached hydrogens (tertiary/aromatic N) is 3. The molecule has 26 unspecified atom stereocenters. The first kappa shape index (κ1) is 92.2. The zero-order valence-corrected chi connectivity index (χ0v) is 78.0. The van der Waals surface area contributed by atoms with Crippen molar-refractivity contribution >= 4 is 0 Å². The highest BCUT2D eigenvalue weighted by Gasteiger charge is 2.38. The lowest BCUT2D eigenvalue weighted by atomic mass is 9.72. The predicted octanol–water partition coefficient (Wildman–Crippen LogP) is 16.4. The zero-order chi connectivity index (χ0) is 82.1. The zero-order valence-electron chi connectivity index (χ0n) is 78.0. The first-order valence-corrected chi connectivity index (χ1v) is 54.7. The molecule has 122 heavy (non-hydrogen) atoms. The lowest BCUT2D eigenvalue weighted by Gasteiger charge is -2.41. The van der Waals surface area contributed by atoms with E-state index in [-0.39, 0.29) is 0 Å². The first-order chi connectivity index (χ1) is 60.2. The van der Waals surface area contributed by atoms with Gasteiger partial charge in [0.05, 0.1) is 12.7 Å². The van der Waals surface area contributed by atoms with Crippen molar-refractivity contribution in [3.8, 4) is 0 Å². The first-order valence-electron chi connectivity index (χ1n) is 54.7. The van der Waals surface area contributed by atoms with Crippen molar-refractivity contribution < 1.29 is 4.74 Å². The van der Waals surface area contributed by atoms with E-state index in [2.05, 4.69) is 115 Å². The van der Waals surface area contributed by atoms with Gasteiger partial charge in [-0.3, -0.25) is 0 Å². The third-order valence-corrected chi connectivity index (χ3v) is 36.5. The molecular weight excluding hydrogens is 1500 g/mol. The van der Waals surface area contributed by atoms with Gasteiger partial charge in [0.25, 0.3) is 0 Å². The normalized spacial score (nSPS) is 43.9. The van der Waals surface area contributed by atoms with E-state index in [0.717, 1.165) is 157 Å². The van der Waals surface area contributed by atoms with Crippen LogP contribution in [0.2, 0.25) is 0 Å². The Morgan fingerprint density at radius 2 is 0.648 bits per heavy atom. The van der Waals surface area contributed by atoms with Crippen molar-refractivity contribution in [1.29, 1.82) is 0 Å². The molecule has 16 nitrogen and oxygen atoms in total. The molecule has 6 saturated carbocycles. The second-order valence-electron chi connectivity index (χ2n) is 45.9. The van der Waals surface area contributed by atoms with Gasteiger partial charge in [0.15, 0.2) is 0 Å². The Morgan fingerprint density at radius 3 is 0.992 bits per heavy atom. The quantitative estimate of drug-likeness (QED) is 0.111. The molecule has 31 fully saturated rings. The van der Waals surface area contributed by atoms with E-state index in [4.69, 9.17) is 4.74 Å². The monoisotopic (exact) mass is 1690 g/mol. The molecule has 0 spiro atoms. The van der Waals surface area contributed by atoms with Gasteiger partial charge < -0.3 is 83.2 Å². The summed E-state index contributed by atoms with van der Waals surface area (Å²) in [6.45, 7) is 26.2. The van der Waals surface area contributed by atoms with E-state index in [0.29, 0.717) is 18.2 Å². The standard InChI is InChI=1S/C11H13N.10C7H13N.C7H11N.C6H11NO.2C6H11N/c1-2-4-10-9(3-1)8-5-6-11(10)12-7-8;1-3-7-4-2-6(1)5-8-7;1-2-7-3-6(1)4-8-5-7;1-2-7-5-6(1)3-4-8-7;3*1-2-7-3-5-8(4-1)6-7;1-2-6-4-7(3-1)8-5-6;4*1-2-6-4-5-7(3-1)8-6;1-2-6-3-7-5(1)4-8-6;1-5-2-6(1)4-7-3-5;1-2-6-3-5(1)4-7-6/h1-4,8,11-12H,5-7H2;3*6-8H,1-5H2;3*7H,1-6H2;4*6-8H,1-5H2;4-8H,1-3H2;5-7H,1-4H2;2*5-7H,1-4H2. The number of hydrogen-bond donors (Lipinski definition) is 12. The summed E-state index contributed by atoms with van der Waals surface area (Å²) >= 11 is 0. The summed E-state index contributed by atoms with van der Waals surface area (Å²) in [6, 6.07) is 20.8. The second-order valence-corrected chi connectivity index (χ2v) is 45.9. The number of piperidine rings is 16. The highest BCUT2D eigenvalue weighted by Crippen LogP contribution is 2.43. The summed E-state index contributed by atoms with van der Waals surface area (Å²) in [5.41, 5.74) is 3.16. The van der Waals surface area contributed by atoms with Gasteiger partial charge in [0.2, 0.25) is 0 Å². The highest BCUT2D eigenvalue weighted by molar-refractivity contribution is 5.37. The summed E-state index contributed by atoms with van der Waals surface area (Å²) < 4.78 is 5.41. The fraction of sp³-hybridized carbons (Fsp3) is 0.925. The SMILES string of the molecule is C1=CC2CCCC1N2.C1CC2CC1CN2.C1CC2CCC(C1)N2.C1CC2CCC(C1)N2.C1CC2CCC(C1)N2.C1CC2CCC(C2)N1.C1CC2CCC1CN2.C1CC2CCN(C1)C2.C1CC2CCN(C1)C2.C1CC2CCN(C1)C2.C1CC2CNC(C1)C2.C1CC2CNC1CO2.C1CC2CNCC1C2.C1NCC2CC1C2.c1ccc2c(c1)C1CCC2NC1. The number of rotatable bonds is 0. The Bertz CT molecular complexity index is 2420. The fourth-order valence-electron chi connectivity index (χ4n) is 28.8. The van der Waals surface area contributed by atoms with E-state index in [1.54, 1.807) is 11.1 Å². The van der Waals surface area contributed by atoms with Gasteiger partial charge in [0.1, 0.15) is 0 Å². The Hall–Kier alpha value is -1.68. The minimum absolute atomic E-state index is 0.542. The molecule has 30 bridgehead atoms. The van der Waals surface area contributed by atoms with Gasteiger partial charge in [0, 0.05) is 117 Å². The Kier molecular flexibility index (Phi) is 37.2. The number of hydrogen-bond acceptors (Lipinski definition) is 16. The molecule has 7 aliphatic carbocycles. The van der Waals surface area contributed by atoms with Crippen LogP contribution in [0.5, 0.6) is 0 Å². The maximum Gasteiger partial charge on any atom is 0.0700 e. The van der Waals surface area contributed by atoms with Gasteiger partial charge in [-0.2, -0.15) is 0 Å². The molecule has 692 valence electrons.